The lowest BCUT2D eigenvalue weighted by molar-refractivity contribution is 0.0879. The van der Waals surface area contributed by atoms with Crippen LogP contribution in [-0.2, 0) is 6.54 Å². The van der Waals surface area contributed by atoms with E-state index < -0.39 is 5.41 Å². The summed E-state index contributed by atoms with van der Waals surface area (Å²) in [4.78, 5) is 2.52. The Labute approximate surface area is 176 Å². The number of likely N-dealkylation sites (tertiary alicyclic amines) is 1. The molecule has 2 fully saturated rings. The van der Waals surface area contributed by atoms with Crippen LogP contribution in [0.1, 0.15) is 44.6 Å². The SMILES string of the molecule is C=C/C=C(\C=C/C)C(C#N)(C1CCN(Cc2ccccc2)CC1)C1CCCC1N. The fourth-order valence-electron chi connectivity index (χ4n) is 5.57. The quantitative estimate of drug-likeness (QED) is 0.650. The van der Waals surface area contributed by atoms with Crippen LogP contribution in [0.2, 0.25) is 0 Å². The van der Waals surface area contributed by atoms with Gasteiger partial charge in [0.05, 0.1) is 11.5 Å². The van der Waals surface area contributed by atoms with E-state index in [1.54, 1.807) is 0 Å². The molecule has 2 N–H and O–H groups in total. The number of piperidine rings is 1. The first-order valence-electron chi connectivity index (χ1n) is 11.0. The maximum absolute atomic E-state index is 10.6. The third-order valence-corrected chi connectivity index (χ3v) is 6.94. The van der Waals surface area contributed by atoms with Gasteiger partial charge in [0, 0.05) is 12.6 Å². The molecule has 29 heavy (non-hydrogen) atoms. The third kappa shape index (κ3) is 4.55. The van der Waals surface area contributed by atoms with Gasteiger partial charge in [0.2, 0.25) is 0 Å². The second-order valence-corrected chi connectivity index (χ2v) is 8.58. The Morgan fingerprint density at radius 3 is 2.52 bits per heavy atom. The lowest BCUT2D eigenvalue weighted by atomic mass is 9.58. The maximum Gasteiger partial charge on any atom is 0.0894 e. The van der Waals surface area contributed by atoms with Crippen LogP contribution in [0, 0.1) is 28.6 Å². The number of hydrogen-bond acceptors (Lipinski definition) is 3. The Kier molecular flexibility index (Phi) is 7.47. The van der Waals surface area contributed by atoms with Crippen molar-refractivity contribution in [3.05, 3.63) is 72.4 Å². The molecule has 3 heteroatoms. The van der Waals surface area contributed by atoms with Gasteiger partial charge in [-0.05, 0) is 68.7 Å². The second-order valence-electron chi connectivity index (χ2n) is 8.58. The topological polar surface area (TPSA) is 53.0 Å². The minimum atomic E-state index is -0.518. The third-order valence-electron chi connectivity index (χ3n) is 6.94. The lowest BCUT2D eigenvalue weighted by Gasteiger charge is -2.46. The molecule has 0 spiro atoms. The average Bonchev–Trinajstić information content (AvgIpc) is 3.17. The molecular formula is C26H35N3. The number of benzene rings is 1. The molecule has 1 aromatic rings. The Balaban J connectivity index is 1.84. The van der Waals surface area contributed by atoms with Crippen LogP contribution in [0.3, 0.4) is 0 Å². The van der Waals surface area contributed by atoms with Gasteiger partial charge in [0.15, 0.2) is 0 Å². The number of hydrogen-bond donors (Lipinski definition) is 1. The molecule has 0 radical (unpaired) electrons. The molecule has 0 aromatic heterocycles. The summed E-state index contributed by atoms with van der Waals surface area (Å²) in [6, 6.07) is 13.6. The van der Waals surface area contributed by atoms with Crippen molar-refractivity contribution < 1.29 is 0 Å². The van der Waals surface area contributed by atoms with Gasteiger partial charge in [-0.15, -0.1) is 0 Å². The average molecular weight is 390 g/mol. The first-order chi connectivity index (χ1) is 14.2. The first kappa shape index (κ1) is 21.6. The number of allylic oxidation sites excluding steroid dienone is 5. The van der Waals surface area contributed by atoms with Crippen LogP contribution in [-0.4, -0.2) is 24.0 Å². The van der Waals surface area contributed by atoms with Crippen LogP contribution in [0.25, 0.3) is 0 Å². The highest BCUT2D eigenvalue weighted by Crippen LogP contribution is 2.52. The molecule has 1 aromatic carbocycles. The van der Waals surface area contributed by atoms with Gasteiger partial charge in [-0.2, -0.15) is 5.26 Å². The Morgan fingerprint density at radius 1 is 1.24 bits per heavy atom. The molecule has 3 atom stereocenters. The Morgan fingerprint density at radius 2 is 1.97 bits per heavy atom. The van der Waals surface area contributed by atoms with E-state index in [9.17, 15) is 5.26 Å². The summed E-state index contributed by atoms with van der Waals surface area (Å²) < 4.78 is 0. The van der Waals surface area contributed by atoms with Gasteiger partial charge in [-0.25, -0.2) is 0 Å². The van der Waals surface area contributed by atoms with E-state index in [0.717, 1.165) is 57.3 Å². The summed E-state index contributed by atoms with van der Waals surface area (Å²) in [5.74, 6) is 0.552. The highest BCUT2D eigenvalue weighted by Gasteiger charge is 2.51. The van der Waals surface area contributed by atoms with E-state index in [0.29, 0.717) is 5.92 Å². The monoisotopic (exact) mass is 389 g/mol. The van der Waals surface area contributed by atoms with E-state index >= 15 is 0 Å². The van der Waals surface area contributed by atoms with E-state index in [1.165, 1.54) is 5.56 Å². The predicted molar refractivity (Wildman–Crippen MR) is 121 cm³/mol. The number of nitrogens with two attached hydrogens (primary N) is 1. The van der Waals surface area contributed by atoms with Gasteiger partial charge < -0.3 is 5.73 Å². The Hall–Kier alpha value is -2.15. The van der Waals surface area contributed by atoms with Gasteiger partial charge in [-0.3, -0.25) is 4.90 Å². The molecule has 1 heterocycles. The van der Waals surface area contributed by atoms with Crippen molar-refractivity contribution in [3.63, 3.8) is 0 Å². The number of nitriles is 1. The summed E-state index contributed by atoms with van der Waals surface area (Å²) in [6.07, 6.45) is 13.3. The molecule has 1 saturated heterocycles. The van der Waals surface area contributed by atoms with Crippen molar-refractivity contribution in [1.82, 2.24) is 4.90 Å². The summed E-state index contributed by atoms with van der Waals surface area (Å²) >= 11 is 0. The molecule has 1 aliphatic heterocycles. The summed E-state index contributed by atoms with van der Waals surface area (Å²) in [5.41, 5.74) is 8.51. The normalized spacial score (nSPS) is 26.3. The van der Waals surface area contributed by atoms with E-state index in [1.807, 2.05) is 25.2 Å². The molecule has 3 rings (SSSR count). The smallest absolute Gasteiger partial charge is 0.0894 e. The van der Waals surface area contributed by atoms with Crippen LogP contribution in [0.4, 0.5) is 0 Å². The minimum absolute atomic E-state index is 0.107. The largest absolute Gasteiger partial charge is 0.327 e. The van der Waals surface area contributed by atoms with Crippen LogP contribution >= 0.6 is 0 Å². The van der Waals surface area contributed by atoms with E-state index in [2.05, 4.69) is 54.0 Å². The second kappa shape index (κ2) is 10.1. The van der Waals surface area contributed by atoms with Crippen molar-refractivity contribution in [3.8, 4) is 6.07 Å². The van der Waals surface area contributed by atoms with Gasteiger partial charge >= 0.3 is 0 Å². The highest BCUT2D eigenvalue weighted by molar-refractivity contribution is 5.39. The molecule has 0 bridgehead atoms. The van der Waals surface area contributed by atoms with E-state index in [-0.39, 0.29) is 12.0 Å². The van der Waals surface area contributed by atoms with Crippen LogP contribution in [0.15, 0.2) is 66.8 Å². The van der Waals surface area contributed by atoms with Crippen molar-refractivity contribution in [2.75, 3.05) is 13.1 Å². The summed E-state index contributed by atoms with van der Waals surface area (Å²) in [7, 11) is 0. The fraction of sp³-hybridized carbons (Fsp3) is 0.500. The zero-order chi connectivity index (χ0) is 20.7. The molecule has 154 valence electrons. The zero-order valence-corrected chi connectivity index (χ0v) is 17.8. The van der Waals surface area contributed by atoms with Gasteiger partial charge in [0.1, 0.15) is 0 Å². The fourth-order valence-corrected chi connectivity index (χ4v) is 5.57. The van der Waals surface area contributed by atoms with Crippen LogP contribution in [0.5, 0.6) is 0 Å². The first-order valence-corrected chi connectivity index (χ1v) is 11.0. The lowest BCUT2D eigenvalue weighted by Crippen LogP contribution is -2.48. The Bertz CT molecular complexity index is 765. The van der Waals surface area contributed by atoms with E-state index in [4.69, 9.17) is 5.73 Å². The number of nitrogens with zero attached hydrogens (tertiary/aromatic N) is 2. The molecule has 0 amide bonds. The highest BCUT2D eigenvalue weighted by atomic mass is 15.1. The summed E-state index contributed by atoms with van der Waals surface area (Å²) in [6.45, 7) is 8.99. The molecule has 3 nitrogen and oxygen atoms in total. The van der Waals surface area contributed by atoms with Gasteiger partial charge in [-0.1, -0.05) is 67.6 Å². The van der Waals surface area contributed by atoms with Crippen molar-refractivity contribution in [1.29, 1.82) is 5.26 Å². The molecule has 1 aliphatic carbocycles. The standard InChI is InChI=1S/C26H35N3/c1-3-9-22(10-4-2)26(20-27,24-13-8-14-25(24)28)23-15-17-29(18-16-23)19-21-11-6-5-7-12-21/h3-7,9-12,23-25H,1,8,13-19,28H2,2H3/b10-4-,22-9+. The molecule has 1 saturated carbocycles. The predicted octanol–water partition coefficient (Wildman–Crippen LogP) is 5.22. The van der Waals surface area contributed by atoms with Gasteiger partial charge in [0.25, 0.3) is 0 Å². The van der Waals surface area contributed by atoms with Crippen molar-refractivity contribution in [2.24, 2.45) is 23.0 Å². The maximum atomic E-state index is 10.6. The minimum Gasteiger partial charge on any atom is -0.327 e. The number of rotatable bonds is 7. The molecule has 3 unspecified atom stereocenters. The van der Waals surface area contributed by atoms with Crippen molar-refractivity contribution >= 4 is 0 Å². The molecular weight excluding hydrogens is 354 g/mol. The van der Waals surface area contributed by atoms with Crippen molar-refractivity contribution in [2.45, 2.75) is 51.6 Å². The van der Waals surface area contributed by atoms with Crippen LogP contribution < -0.4 is 5.73 Å². The zero-order valence-electron chi connectivity index (χ0n) is 17.8. The summed E-state index contributed by atoms with van der Waals surface area (Å²) in [5, 5.41) is 10.6. The molecule has 2 aliphatic rings.